The molecule has 3 atom stereocenters. The molecule has 2 aromatic rings. The summed E-state index contributed by atoms with van der Waals surface area (Å²) in [4.78, 5) is 11.4. The van der Waals surface area contributed by atoms with Crippen LogP contribution in [0.3, 0.4) is 0 Å². The molecule has 0 bridgehead atoms. The molecular formula is C19H29N5. The normalized spacial score (nSPS) is 22.8. The Kier molecular flexibility index (Phi) is 5.31. The largest absolute Gasteiger partial charge is 0.337 e. The maximum Gasteiger partial charge on any atom is 0.0945 e. The molecule has 24 heavy (non-hydrogen) atoms. The molecule has 0 amide bonds. The number of likely N-dealkylation sites (N-methyl/N-ethyl adjacent to an activating group) is 1. The van der Waals surface area contributed by atoms with Gasteiger partial charge < -0.3 is 14.8 Å². The zero-order valence-electron chi connectivity index (χ0n) is 15.2. The van der Waals surface area contributed by atoms with E-state index in [1.165, 1.54) is 11.3 Å². The van der Waals surface area contributed by atoms with E-state index < -0.39 is 0 Å². The lowest BCUT2D eigenvalue weighted by molar-refractivity contribution is 0.369. The van der Waals surface area contributed by atoms with Gasteiger partial charge in [0.1, 0.15) is 0 Å². The van der Waals surface area contributed by atoms with Crippen LogP contribution in [0.15, 0.2) is 30.9 Å². The third-order valence-electron chi connectivity index (χ3n) is 5.02. The number of hydrogen-bond donors (Lipinski definition) is 1. The van der Waals surface area contributed by atoms with Crippen molar-refractivity contribution < 1.29 is 0 Å². The summed E-state index contributed by atoms with van der Waals surface area (Å²) in [6, 6.07) is 5.01. The van der Waals surface area contributed by atoms with Gasteiger partial charge in [-0.3, -0.25) is 4.98 Å². The zero-order valence-corrected chi connectivity index (χ0v) is 15.2. The first-order valence-electron chi connectivity index (χ1n) is 8.91. The number of aromatic nitrogens is 3. The van der Waals surface area contributed by atoms with Crippen LogP contribution in [-0.2, 0) is 7.05 Å². The fourth-order valence-electron chi connectivity index (χ4n) is 3.81. The number of pyridine rings is 1. The first-order chi connectivity index (χ1) is 11.6. The third kappa shape index (κ3) is 3.68. The Morgan fingerprint density at radius 3 is 2.83 bits per heavy atom. The molecule has 1 saturated heterocycles. The van der Waals surface area contributed by atoms with Gasteiger partial charge in [0.05, 0.1) is 12.0 Å². The highest BCUT2D eigenvalue weighted by Crippen LogP contribution is 2.29. The maximum absolute atomic E-state index is 4.63. The monoisotopic (exact) mass is 327 g/mol. The summed E-state index contributed by atoms with van der Waals surface area (Å²) < 4.78 is 2.15. The van der Waals surface area contributed by atoms with Crippen molar-refractivity contribution in [1.29, 1.82) is 0 Å². The molecule has 1 unspecified atom stereocenters. The number of likely N-dealkylation sites (tertiary alicyclic amines) is 1. The molecule has 1 N–H and O–H groups in total. The minimum absolute atomic E-state index is 0.308. The van der Waals surface area contributed by atoms with Crippen LogP contribution in [0.1, 0.15) is 48.7 Å². The topological polar surface area (TPSA) is 46.0 Å². The van der Waals surface area contributed by atoms with Crippen molar-refractivity contribution >= 4 is 0 Å². The minimum atomic E-state index is 0.308. The molecule has 1 aliphatic heterocycles. The third-order valence-corrected chi connectivity index (χ3v) is 5.02. The number of hydrogen-bond acceptors (Lipinski definition) is 4. The van der Waals surface area contributed by atoms with E-state index in [9.17, 15) is 0 Å². The van der Waals surface area contributed by atoms with Crippen molar-refractivity contribution in [2.24, 2.45) is 7.05 Å². The van der Waals surface area contributed by atoms with E-state index in [0.29, 0.717) is 18.0 Å². The van der Waals surface area contributed by atoms with Gasteiger partial charge in [0.2, 0.25) is 0 Å². The lowest BCUT2D eigenvalue weighted by Crippen LogP contribution is -2.38. The van der Waals surface area contributed by atoms with E-state index in [-0.39, 0.29) is 0 Å². The van der Waals surface area contributed by atoms with Gasteiger partial charge in [-0.05, 0) is 38.1 Å². The van der Waals surface area contributed by atoms with Gasteiger partial charge in [-0.15, -0.1) is 0 Å². The average Bonchev–Trinajstić information content (AvgIpc) is 3.12. The molecule has 3 rings (SSSR count). The fourth-order valence-corrected chi connectivity index (χ4v) is 3.81. The van der Waals surface area contributed by atoms with E-state index in [4.69, 9.17) is 0 Å². The number of nitrogens with zero attached hydrogens (tertiary/aromatic N) is 4. The molecule has 0 aromatic carbocycles. The second kappa shape index (κ2) is 7.45. The van der Waals surface area contributed by atoms with Crippen LogP contribution in [0, 0.1) is 6.92 Å². The van der Waals surface area contributed by atoms with Gasteiger partial charge >= 0.3 is 0 Å². The Morgan fingerprint density at radius 1 is 1.33 bits per heavy atom. The smallest absolute Gasteiger partial charge is 0.0945 e. The Balaban J connectivity index is 1.81. The number of nitrogens with one attached hydrogen (secondary N) is 1. The highest BCUT2D eigenvalue weighted by molar-refractivity contribution is 5.19. The molecule has 3 heterocycles. The van der Waals surface area contributed by atoms with Crippen molar-refractivity contribution in [3.8, 4) is 0 Å². The average molecular weight is 327 g/mol. The summed E-state index contributed by atoms with van der Waals surface area (Å²) in [5, 5.41) is 3.91. The number of imidazole rings is 1. The quantitative estimate of drug-likeness (QED) is 0.886. The maximum atomic E-state index is 4.63. The van der Waals surface area contributed by atoms with Crippen molar-refractivity contribution in [3.63, 3.8) is 0 Å². The Labute approximate surface area is 145 Å². The molecule has 5 nitrogen and oxygen atoms in total. The predicted molar refractivity (Wildman–Crippen MR) is 97.0 cm³/mol. The molecule has 5 heteroatoms. The second-order valence-electron chi connectivity index (χ2n) is 7.13. The molecule has 0 saturated carbocycles. The summed E-state index contributed by atoms with van der Waals surface area (Å²) in [6.45, 7) is 6.50. The van der Waals surface area contributed by atoms with Crippen molar-refractivity contribution in [3.05, 3.63) is 47.8 Å². The Hall–Kier alpha value is -1.72. The molecule has 0 aliphatic carbocycles. The van der Waals surface area contributed by atoms with Crippen LogP contribution in [-0.4, -0.2) is 45.6 Å². The zero-order chi connectivity index (χ0) is 17.1. The molecule has 1 fully saturated rings. The van der Waals surface area contributed by atoms with Gasteiger partial charge in [-0.2, -0.15) is 0 Å². The van der Waals surface area contributed by atoms with Crippen LogP contribution in [0.2, 0.25) is 0 Å². The molecule has 1 aliphatic rings. The van der Waals surface area contributed by atoms with E-state index in [1.807, 2.05) is 18.7 Å². The summed E-state index contributed by atoms with van der Waals surface area (Å²) in [7, 11) is 4.29. The van der Waals surface area contributed by atoms with Crippen molar-refractivity contribution in [1.82, 2.24) is 24.8 Å². The highest BCUT2D eigenvalue weighted by atomic mass is 15.2. The highest BCUT2D eigenvalue weighted by Gasteiger charge is 2.35. The van der Waals surface area contributed by atoms with Gasteiger partial charge in [0.15, 0.2) is 0 Å². The SMILES string of the molecule is CCCC(N[C@@H]1CN(C)C[C@H]1c1cncn1C)c1cc(C)ccn1. The number of rotatable bonds is 6. The minimum Gasteiger partial charge on any atom is -0.337 e. The predicted octanol–water partition coefficient (Wildman–Crippen LogP) is 2.65. The first-order valence-corrected chi connectivity index (χ1v) is 8.91. The summed E-state index contributed by atoms with van der Waals surface area (Å²) in [5.74, 6) is 0.465. The lowest BCUT2D eigenvalue weighted by atomic mass is 9.97. The molecule has 0 spiro atoms. The summed E-state index contributed by atoms with van der Waals surface area (Å²) in [5.41, 5.74) is 3.74. The standard InChI is InChI=1S/C19H29N5/c1-5-6-16(17-9-14(2)7-8-21-17)22-18-12-23(3)11-15(18)19-10-20-13-24(19)4/h7-10,13,15-16,18,22H,5-6,11-12H2,1-4H3/t15-,16?,18-/m1/s1. The molecule has 2 aromatic heterocycles. The summed E-state index contributed by atoms with van der Waals surface area (Å²) >= 11 is 0. The van der Waals surface area contributed by atoms with Crippen molar-refractivity contribution in [2.45, 2.75) is 44.7 Å². The van der Waals surface area contributed by atoms with Crippen LogP contribution < -0.4 is 5.32 Å². The van der Waals surface area contributed by atoms with Crippen LogP contribution in [0.5, 0.6) is 0 Å². The number of aryl methyl sites for hydroxylation is 2. The van der Waals surface area contributed by atoms with E-state index in [2.05, 4.69) is 64.8 Å². The summed E-state index contributed by atoms with van der Waals surface area (Å²) in [6.07, 6.45) is 8.09. The van der Waals surface area contributed by atoms with E-state index in [0.717, 1.165) is 31.6 Å². The van der Waals surface area contributed by atoms with Crippen LogP contribution in [0.25, 0.3) is 0 Å². The van der Waals surface area contributed by atoms with Gasteiger partial charge in [0, 0.05) is 56.2 Å². The van der Waals surface area contributed by atoms with E-state index >= 15 is 0 Å². The molecule has 130 valence electrons. The Bertz CT molecular complexity index is 665. The van der Waals surface area contributed by atoms with Gasteiger partial charge in [0.25, 0.3) is 0 Å². The lowest BCUT2D eigenvalue weighted by Gasteiger charge is -2.26. The Morgan fingerprint density at radius 2 is 2.17 bits per heavy atom. The second-order valence-corrected chi connectivity index (χ2v) is 7.13. The van der Waals surface area contributed by atoms with Crippen LogP contribution >= 0.6 is 0 Å². The van der Waals surface area contributed by atoms with Gasteiger partial charge in [-0.25, -0.2) is 4.98 Å². The van der Waals surface area contributed by atoms with E-state index in [1.54, 1.807) is 0 Å². The fraction of sp³-hybridized carbons (Fsp3) is 0.579. The van der Waals surface area contributed by atoms with Crippen molar-refractivity contribution in [2.75, 3.05) is 20.1 Å². The van der Waals surface area contributed by atoms with Gasteiger partial charge in [-0.1, -0.05) is 13.3 Å². The molecular weight excluding hydrogens is 298 g/mol. The molecule has 0 radical (unpaired) electrons. The first kappa shape index (κ1) is 17.1. The van der Waals surface area contributed by atoms with Crippen LogP contribution in [0.4, 0.5) is 0 Å².